The van der Waals surface area contributed by atoms with Crippen LogP contribution < -0.4 is 10.6 Å². The lowest BCUT2D eigenvalue weighted by molar-refractivity contribution is -0.126. The molecule has 1 aromatic rings. The molecule has 9 heteroatoms. The number of benzene rings is 1. The number of rotatable bonds is 5. The molecule has 2 heterocycles. The van der Waals surface area contributed by atoms with Gasteiger partial charge in [-0.2, -0.15) is 4.31 Å². The van der Waals surface area contributed by atoms with Gasteiger partial charge in [-0.15, -0.1) is 12.4 Å². The molecule has 6 nitrogen and oxygen atoms in total. The molecule has 2 aliphatic rings. The standard InChI is InChI=1S/C18H26FN3O3S.ClH/c19-16-5-1-2-6-17(16)26(24,25)22-10-7-15(8-11-22)18(23)21-13-14-4-3-9-20-12-14;/h1-2,5-6,14-15,20H,3-4,7-13H2,(H,21,23);1H. The number of carbonyl (C=O) groups excluding carboxylic acids is 1. The second-order valence-electron chi connectivity index (χ2n) is 7.07. The van der Waals surface area contributed by atoms with Gasteiger partial charge in [0.2, 0.25) is 15.9 Å². The van der Waals surface area contributed by atoms with Gasteiger partial charge in [-0.3, -0.25) is 4.79 Å². The van der Waals surface area contributed by atoms with E-state index in [0.29, 0.717) is 25.3 Å². The maximum atomic E-state index is 13.8. The van der Waals surface area contributed by atoms with Gasteiger partial charge in [-0.05, 0) is 56.8 Å². The second kappa shape index (κ2) is 9.82. The molecular formula is C18H27ClFN3O3S. The van der Waals surface area contributed by atoms with Crippen LogP contribution in [0.2, 0.25) is 0 Å². The summed E-state index contributed by atoms with van der Waals surface area (Å²) in [4.78, 5) is 12.1. The van der Waals surface area contributed by atoms with Crippen molar-refractivity contribution in [2.45, 2.75) is 30.6 Å². The summed E-state index contributed by atoms with van der Waals surface area (Å²) in [6, 6.07) is 5.40. The Kier molecular flexibility index (Phi) is 8.03. The molecule has 152 valence electrons. The molecule has 3 rings (SSSR count). The number of halogens is 2. The van der Waals surface area contributed by atoms with Gasteiger partial charge >= 0.3 is 0 Å². The molecule has 2 fully saturated rings. The third-order valence-corrected chi connectivity index (χ3v) is 7.17. The Morgan fingerprint density at radius 1 is 1.22 bits per heavy atom. The number of sulfonamides is 1. The van der Waals surface area contributed by atoms with Crippen molar-refractivity contribution in [2.75, 3.05) is 32.7 Å². The van der Waals surface area contributed by atoms with Crippen LogP contribution in [0.25, 0.3) is 0 Å². The second-order valence-corrected chi connectivity index (χ2v) is 8.97. The van der Waals surface area contributed by atoms with Gasteiger partial charge in [0.15, 0.2) is 0 Å². The van der Waals surface area contributed by atoms with E-state index in [1.165, 1.54) is 22.5 Å². The highest BCUT2D eigenvalue weighted by atomic mass is 35.5. The van der Waals surface area contributed by atoms with Crippen LogP contribution in [0.4, 0.5) is 4.39 Å². The van der Waals surface area contributed by atoms with Crippen LogP contribution in [0.1, 0.15) is 25.7 Å². The van der Waals surface area contributed by atoms with Crippen LogP contribution in [0, 0.1) is 17.7 Å². The highest BCUT2D eigenvalue weighted by Crippen LogP contribution is 2.25. The number of piperidine rings is 2. The molecule has 0 bridgehead atoms. The summed E-state index contributed by atoms with van der Waals surface area (Å²) in [5.41, 5.74) is 0. The van der Waals surface area contributed by atoms with Crippen LogP contribution in [0.3, 0.4) is 0 Å². The summed E-state index contributed by atoms with van der Waals surface area (Å²) in [6.07, 6.45) is 3.17. The summed E-state index contributed by atoms with van der Waals surface area (Å²) < 4.78 is 40.3. The van der Waals surface area contributed by atoms with Crippen LogP contribution in [0.5, 0.6) is 0 Å². The van der Waals surface area contributed by atoms with Crippen molar-refractivity contribution < 1.29 is 17.6 Å². The molecule has 0 spiro atoms. The van der Waals surface area contributed by atoms with Gasteiger partial charge < -0.3 is 10.6 Å². The third kappa shape index (κ3) is 5.40. The van der Waals surface area contributed by atoms with Crippen molar-refractivity contribution in [3.05, 3.63) is 30.1 Å². The first-order valence-corrected chi connectivity index (χ1v) is 10.7. The Balaban J connectivity index is 0.00000261. The van der Waals surface area contributed by atoms with Gasteiger partial charge in [0.05, 0.1) is 0 Å². The number of amides is 1. The maximum Gasteiger partial charge on any atom is 0.245 e. The fraction of sp³-hybridized carbons (Fsp3) is 0.611. The lowest BCUT2D eigenvalue weighted by Crippen LogP contribution is -2.45. The van der Waals surface area contributed by atoms with Crippen molar-refractivity contribution >= 4 is 28.3 Å². The normalized spacial score (nSPS) is 22.0. The molecule has 2 N–H and O–H groups in total. The predicted molar refractivity (Wildman–Crippen MR) is 104 cm³/mol. The maximum absolute atomic E-state index is 13.8. The monoisotopic (exact) mass is 419 g/mol. The number of nitrogens with zero attached hydrogens (tertiary/aromatic N) is 1. The van der Waals surface area contributed by atoms with E-state index in [1.54, 1.807) is 0 Å². The van der Waals surface area contributed by atoms with E-state index in [9.17, 15) is 17.6 Å². The van der Waals surface area contributed by atoms with Gasteiger partial charge in [-0.25, -0.2) is 12.8 Å². The van der Waals surface area contributed by atoms with Crippen LogP contribution >= 0.6 is 12.4 Å². The number of hydrogen-bond donors (Lipinski definition) is 2. The number of carbonyl (C=O) groups is 1. The predicted octanol–water partition coefficient (Wildman–Crippen LogP) is 1.76. The van der Waals surface area contributed by atoms with Crippen molar-refractivity contribution in [2.24, 2.45) is 11.8 Å². The van der Waals surface area contributed by atoms with E-state index in [0.717, 1.165) is 32.0 Å². The highest BCUT2D eigenvalue weighted by Gasteiger charge is 2.33. The Hall–Kier alpha value is -1.22. The van der Waals surface area contributed by atoms with Crippen LogP contribution in [-0.2, 0) is 14.8 Å². The van der Waals surface area contributed by atoms with Gasteiger partial charge in [-0.1, -0.05) is 12.1 Å². The zero-order chi connectivity index (χ0) is 18.6. The minimum atomic E-state index is -3.85. The fourth-order valence-electron chi connectivity index (χ4n) is 3.64. The Morgan fingerprint density at radius 3 is 2.56 bits per heavy atom. The zero-order valence-electron chi connectivity index (χ0n) is 15.2. The molecule has 0 radical (unpaired) electrons. The first-order valence-electron chi connectivity index (χ1n) is 9.21. The molecule has 0 aromatic heterocycles. The lowest BCUT2D eigenvalue weighted by Gasteiger charge is -2.31. The largest absolute Gasteiger partial charge is 0.356 e. The SMILES string of the molecule is Cl.O=C(NCC1CCCNC1)C1CCN(S(=O)(=O)c2ccccc2F)CC1. The molecule has 2 saturated heterocycles. The average Bonchev–Trinajstić information content (AvgIpc) is 2.67. The Labute approximate surface area is 166 Å². The molecule has 0 saturated carbocycles. The van der Waals surface area contributed by atoms with E-state index in [1.807, 2.05) is 0 Å². The molecule has 0 aliphatic carbocycles. The zero-order valence-corrected chi connectivity index (χ0v) is 16.8. The van der Waals surface area contributed by atoms with E-state index in [4.69, 9.17) is 0 Å². The fourth-order valence-corrected chi connectivity index (χ4v) is 5.17. The van der Waals surface area contributed by atoms with Gasteiger partial charge in [0.25, 0.3) is 0 Å². The lowest BCUT2D eigenvalue weighted by atomic mass is 9.96. The summed E-state index contributed by atoms with van der Waals surface area (Å²) >= 11 is 0. The Bertz CT molecular complexity index is 733. The van der Waals surface area contributed by atoms with E-state index in [-0.39, 0.29) is 42.2 Å². The van der Waals surface area contributed by atoms with Crippen molar-refractivity contribution in [1.29, 1.82) is 0 Å². The highest BCUT2D eigenvalue weighted by molar-refractivity contribution is 7.89. The van der Waals surface area contributed by atoms with Crippen molar-refractivity contribution in [3.8, 4) is 0 Å². The summed E-state index contributed by atoms with van der Waals surface area (Å²) in [7, 11) is -3.85. The first kappa shape index (κ1) is 22.1. The summed E-state index contributed by atoms with van der Waals surface area (Å²) in [6.45, 7) is 3.11. The minimum absolute atomic E-state index is 0. The van der Waals surface area contributed by atoms with Gasteiger partial charge in [0.1, 0.15) is 10.7 Å². The Morgan fingerprint density at radius 2 is 1.93 bits per heavy atom. The molecule has 2 aliphatic heterocycles. The van der Waals surface area contributed by atoms with Gasteiger partial charge in [0, 0.05) is 25.6 Å². The minimum Gasteiger partial charge on any atom is -0.356 e. The molecule has 1 atom stereocenters. The average molecular weight is 420 g/mol. The quantitative estimate of drug-likeness (QED) is 0.762. The summed E-state index contributed by atoms with van der Waals surface area (Å²) in [5.74, 6) is -0.459. The molecule has 27 heavy (non-hydrogen) atoms. The van der Waals surface area contributed by atoms with E-state index >= 15 is 0 Å². The van der Waals surface area contributed by atoms with Crippen LogP contribution in [0.15, 0.2) is 29.2 Å². The third-order valence-electron chi connectivity index (χ3n) is 5.24. The summed E-state index contributed by atoms with van der Waals surface area (Å²) in [5, 5.41) is 6.33. The van der Waals surface area contributed by atoms with E-state index < -0.39 is 15.8 Å². The van der Waals surface area contributed by atoms with E-state index in [2.05, 4.69) is 10.6 Å². The first-order chi connectivity index (χ1) is 12.5. The molecule has 1 aromatic carbocycles. The molecular weight excluding hydrogens is 393 g/mol. The van der Waals surface area contributed by atoms with Crippen LogP contribution in [-0.4, -0.2) is 51.4 Å². The molecule has 1 amide bonds. The number of nitrogens with one attached hydrogen (secondary N) is 2. The van der Waals surface area contributed by atoms with Crippen molar-refractivity contribution in [3.63, 3.8) is 0 Å². The topological polar surface area (TPSA) is 78.5 Å². The number of hydrogen-bond acceptors (Lipinski definition) is 4. The molecule has 1 unspecified atom stereocenters. The smallest absolute Gasteiger partial charge is 0.245 e. The van der Waals surface area contributed by atoms with Crippen molar-refractivity contribution in [1.82, 2.24) is 14.9 Å².